The van der Waals surface area contributed by atoms with E-state index in [0.29, 0.717) is 0 Å². The van der Waals surface area contributed by atoms with E-state index in [-0.39, 0.29) is 0 Å². The summed E-state index contributed by atoms with van der Waals surface area (Å²) in [5, 5.41) is 3.50. The first-order valence-electron chi connectivity index (χ1n) is 8.16. The van der Waals surface area contributed by atoms with Crippen LogP contribution in [0.25, 0.3) is 0 Å². The minimum absolute atomic E-state index is 0.943. The number of hydrogen-bond acceptors (Lipinski definition) is 2. The van der Waals surface area contributed by atoms with Gasteiger partial charge >= 0.3 is 0 Å². The molecular formula is C18H30N2. The molecule has 1 N–H and O–H groups in total. The van der Waals surface area contributed by atoms with Crippen LogP contribution in [0.3, 0.4) is 0 Å². The Balaban J connectivity index is 1.83. The van der Waals surface area contributed by atoms with Crippen LogP contribution in [0.5, 0.6) is 0 Å². The standard InChI is InChI=1S/C18H30N2/c1-4-10-19-11-9-16-7-5-6-8-17(16)13-20(3)14-18-12-15(18)2/h5-8,15,18-19H,4,9-14H2,1-3H3. The summed E-state index contributed by atoms with van der Waals surface area (Å²) in [6.07, 6.45) is 3.78. The van der Waals surface area contributed by atoms with Gasteiger partial charge in [0.05, 0.1) is 0 Å². The van der Waals surface area contributed by atoms with Gasteiger partial charge < -0.3 is 10.2 Å². The van der Waals surface area contributed by atoms with Gasteiger partial charge in [-0.1, -0.05) is 38.1 Å². The van der Waals surface area contributed by atoms with Gasteiger partial charge in [-0.25, -0.2) is 0 Å². The van der Waals surface area contributed by atoms with Gasteiger partial charge in [-0.3, -0.25) is 0 Å². The van der Waals surface area contributed by atoms with Gasteiger partial charge in [-0.2, -0.15) is 0 Å². The lowest BCUT2D eigenvalue weighted by Crippen LogP contribution is -2.23. The maximum absolute atomic E-state index is 3.50. The van der Waals surface area contributed by atoms with Crippen LogP contribution in [0, 0.1) is 11.8 Å². The van der Waals surface area contributed by atoms with Crippen molar-refractivity contribution in [3.63, 3.8) is 0 Å². The molecule has 0 radical (unpaired) electrons. The molecule has 112 valence electrons. The van der Waals surface area contributed by atoms with Gasteiger partial charge in [-0.05, 0) is 62.4 Å². The molecule has 0 aromatic heterocycles. The molecule has 1 saturated carbocycles. The van der Waals surface area contributed by atoms with Crippen LogP contribution in [0.1, 0.15) is 37.8 Å². The highest BCUT2D eigenvalue weighted by molar-refractivity contribution is 5.27. The number of hydrogen-bond donors (Lipinski definition) is 1. The van der Waals surface area contributed by atoms with Crippen LogP contribution in [-0.4, -0.2) is 31.6 Å². The third-order valence-electron chi connectivity index (χ3n) is 4.38. The maximum Gasteiger partial charge on any atom is 0.0233 e. The van der Waals surface area contributed by atoms with Crippen LogP contribution in [0.15, 0.2) is 24.3 Å². The second-order valence-electron chi connectivity index (χ2n) is 6.44. The molecule has 0 aliphatic heterocycles. The molecule has 1 aliphatic carbocycles. The van der Waals surface area contributed by atoms with Crippen molar-refractivity contribution >= 4 is 0 Å². The Bertz CT molecular complexity index is 402. The molecule has 1 aromatic carbocycles. The highest BCUT2D eigenvalue weighted by Crippen LogP contribution is 2.38. The zero-order chi connectivity index (χ0) is 14.4. The summed E-state index contributed by atoms with van der Waals surface area (Å²) >= 11 is 0. The second kappa shape index (κ2) is 7.80. The lowest BCUT2D eigenvalue weighted by atomic mass is 10.0. The molecule has 0 heterocycles. The summed E-state index contributed by atoms with van der Waals surface area (Å²) in [7, 11) is 2.26. The van der Waals surface area contributed by atoms with Gasteiger partial charge in [0.2, 0.25) is 0 Å². The SMILES string of the molecule is CCCNCCc1ccccc1CN(C)CC1CC1C. The number of nitrogens with one attached hydrogen (secondary N) is 1. The van der Waals surface area contributed by atoms with Gasteiger partial charge in [0, 0.05) is 13.1 Å². The van der Waals surface area contributed by atoms with E-state index in [4.69, 9.17) is 0 Å². The van der Waals surface area contributed by atoms with E-state index in [1.165, 1.54) is 30.5 Å². The van der Waals surface area contributed by atoms with Crippen LogP contribution in [0.4, 0.5) is 0 Å². The Morgan fingerprint density at radius 3 is 2.55 bits per heavy atom. The van der Waals surface area contributed by atoms with Crippen molar-refractivity contribution in [2.75, 3.05) is 26.7 Å². The molecule has 2 unspecified atom stereocenters. The predicted molar refractivity (Wildman–Crippen MR) is 86.9 cm³/mol. The molecule has 2 nitrogen and oxygen atoms in total. The third kappa shape index (κ3) is 4.92. The Labute approximate surface area is 124 Å². The molecule has 0 spiro atoms. The van der Waals surface area contributed by atoms with E-state index >= 15 is 0 Å². The second-order valence-corrected chi connectivity index (χ2v) is 6.44. The number of rotatable bonds is 9. The molecule has 2 rings (SSSR count). The van der Waals surface area contributed by atoms with Crippen LogP contribution < -0.4 is 5.32 Å². The average Bonchev–Trinajstić information content (AvgIpc) is 3.11. The first-order chi connectivity index (χ1) is 9.70. The van der Waals surface area contributed by atoms with Crippen LogP contribution in [0.2, 0.25) is 0 Å². The molecule has 1 fully saturated rings. The van der Waals surface area contributed by atoms with Gasteiger partial charge in [0.1, 0.15) is 0 Å². The minimum atomic E-state index is 0.943. The first kappa shape index (κ1) is 15.5. The molecule has 20 heavy (non-hydrogen) atoms. The quantitative estimate of drug-likeness (QED) is 0.695. The number of benzene rings is 1. The maximum atomic E-state index is 3.50. The summed E-state index contributed by atoms with van der Waals surface area (Å²) in [4.78, 5) is 2.49. The lowest BCUT2D eigenvalue weighted by molar-refractivity contribution is 0.306. The molecule has 0 bridgehead atoms. The highest BCUT2D eigenvalue weighted by atomic mass is 15.1. The van der Waals surface area contributed by atoms with Gasteiger partial charge in [0.25, 0.3) is 0 Å². The van der Waals surface area contributed by atoms with E-state index in [1.807, 2.05) is 0 Å². The fourth-order valence-corrected chi connectivity index (χ4v) is 2.89. The average molecular weight is 274 g/mol. The van der Waals surface area contributed by atoms with E-state index in [2.05, 4.69) is 55.4 Å². The molecule has 1 aliphatic rings. The Morgan fingerprint density at radius 2 is 1.90 bits per heavy atom. The highest BCUT2D eigenvalue weighted by Gasteiger charge is 2.33. The van der Waals surface area contributed by atoms with Crippen molar-refractivity contribution in [1.82, 2.24) is 10.2 Å². The normalized spacial score (nSPS) is 21.4. The van der Waals surface area contributed by atoms with Crippen LogP contribution in [-0.2, 0) is 13.0 Å². The molecule has 0 saturated heterocycles. The zero-order valence-corrected chi connectivity index (χ0v) is 13.4. The number of nitrogens with zero attached hydrogens (tertiary/aromatic N) is 1. The van der Waals surface area contributed by atoms with E-state index < -0.39 is 0 Å². The summed E-state index contributed by atoms with van der Waals surface area (Å²) < 4.78 is 0. The van der Waals surface area contributed by atoms with Crippen molar-refractivity contribution in [3.05, 3.63) is 35.4 Å². The van der Waals surface area contributed by atoms with E-state index in [1.54, 1.807) is 0 Å². The summed E-state index contributed by atoms with van der Waals surface area (Å²) in [6.45, 7) is 9.15. The topological polar surface area (TPSA) is 15.3 Å². The monoisotopic (exact) mass is 274 g/mol. The summed E-state index contributed by atoms with van der Waals surface area (Å²) in [5.74, 6) is 1.89. The molecule has 2 atom stereocenters. The van der Waals surface area contributed by atoms with Crippen molar-refractivity contribution < 1.29 is 0 Å². The smallest absolute Gasteiger partial charge is 0.0233 e. The minimum Gasteiger partial charge on any atom is -0.316 e. The fourth-order valence-electron chi connectivity index (χ4n) is 2.89. The van der Waals surface area contributed by atoms with Gasteiger partial charge in [0.15, 0.2) is 0 Å². The summed E-state index contributed by atoms with van der Waals surface area (Å²) in [5.41, 5.74) is 3.01. The Hall–Kier alpha value is -0.860. The van der Waals surface area contributed by atoms with Crippen molar-refractivity contribution in [2.45, 2.75) is 39.7 Å². The predicted octanol–water partition coefficient (Wildman–Crippen LogP) is 3.32. The molecule has 1 aromatic rings. The van der Waals surface area contributed by atoms with Crippen LogP contribution >= 0.6 is 0 Å². The largest absolute Gasteiger partial charge is 0.316 e. The van der Waals surface area contributed by atoms with Crippen molar-refractivity contribution in [3.8, 4) is 0 Å². The molecule has 2 heteroatoms. The lowest BCUT2D eigenvalue weighted by Gasteiger charge is -2.19. The summed E-state index contributed by atoms with van der Waals surface area (Å²) in [6, 6.07) is 8.92. The van der Waals surface area contributed by atoms with E-state index in [9.17, 15) is 0 Å². The van der Waals surface area contributed by atoms with E-state index in [0.717, 1.165) is 37.9 Å². The fraction of sp³-hybridized carbons (Fsp3) is 0.667. The third-order valence-corrected chi connectivity index (χ3v) is 4.38. The molecule has 0 amide bonds. The Kier molecular flexibility index (Phi) is 6.06. The Morgan fingerprint density at radius 1 is 1.20 bits per heavy atom. The molecular weight excluding hydrogens is 244 g/mol. The van der Waals surface area contributed by atoms with Crippen molar-refractivity contribution in [1.29, 1.82) is 0 Å². The first-order valence-corrected chi connectivity index (χ1v) is 8.16. The zero-order valence-electron chi connectivity index (χ0n) is 13.4. The van der Waals surface area contributed by atoms with Crippen molar-refractivity contribution in [2.24, 2.45) is 11.8 Å². The van der Waals surface area contributed by atoms with Gasteiger partial charge in [-0.15, -0.1) is 0 Å².